The molecule has 6 heteroatoms. The van der Waals surface area contributed by atoms with Crippen LogP contribution in [0.15, 0.2) is 77.7 Å². The third kappa shape index (κ3) is 3.27. The van der Waals surface area contributed by atoms with Gasteiger partial charge in [-0.2, -0.15) is 5.26 Å². The van der Waals surface area contributed by atoms with Gasteiger partial charge in [0.25, 0.3) is 5.91 Å². The van der Waals surface area contributed by atoms with Crippen LogP contribution in [0.4, 0.5) is 0 Å². The summed E-state index contributed by atoms with van der Waals surface area (Å²) in [5, 5.41) is 19.6. The number of aromatic hydroxyl groups is 1. The molecule has 1 atom stereocenters. The summed E-state index contributed by atoms with van der Waals surface area (Å²) in [6.45, 7) is 0.171. The smallest absolute Gasteiger partial charge is 0.275 e. The maximum Gasteiger partial charge on any atom is 0.275 e. The van der Waals surface area contributed by atoms with Crippen molar-refractivity contribution in [1.29, 1.82) is 5.26 Å². The van der Waals surface area contributed by atoms with Gasteiger partial charge in [-0.05, 0) is 11.1 Å². The van der Waals surface area contributed by atoms with Crippen LogP contribution in [-0.2, 0) is 0 Å². The number of amides is 1. The van der Waals surface area contributed by atoms with Gasteiger partial charge in [0.15, 0.2) is 11.4 Å². The molecule has 6 nitrogen and oxygen atoms in total. The van der Waals surface area contributed by atoms with Crippen LogP contribution < -0.4 is 5.43 Å². The summed E-state index contributed by atoms with van der Waals surface area (Å²) >= 11 is 0. The van der Waals surface area contributed by atoms with E-state index >= 15 is 0 Å². The van der Waals surface area contributed by atoms with E-state index in [0.29, 0.717) is 0 Å². The first kappa shape index (κ1) is 18.5. The normalized spacial score (nSPS) is 15.8. The number of carbonyl (C=O) groups excluding carboxylic acids is 1. The van der Waals surface area contributed by atoms with Crippen molar-refractivity contribution in [3.63, 3.8) is 0 Å². The SMILES string of the molecule is N#CCN1C[C@H](C(c2ccccc2)c2ccccc2)n2ccc(=O)c(O)c2C1=O. The Balaban J connectivity index is 1.94. The van der Waals surface area contributed by atoms with Gasteiger partial charge in [-0.25, -0.2) is 0 Å². The Morgan fingerprint density at radius 1 is 1.00 bits per heavy atom. The zero-order chi connectivity index (χ0) is 20.4. The zero-order valence-corrected chi connectivity index (χ0v) is 15.6. The van der Waals surface area contributed by atoms with E-state index in [0.717, 1.165) is 11.1 Å². The van der Waals surface area contributed by atoms with E-state index in [9.17, 15) is 20.0 Å². The number of pyridine rings is 1. The fraction of sp³-hybridized carbons (Fsp3) is 0.174. The minimum absolute atomic E-state index is 0.0686. The number of carbonyl (C=O) groups is 1. The zero-order valence-electron chi connectivity index (χ0n) is 15.6. The molecular formula is C23H19N3O3. The minimum atomic E-state index is -0.613. The van der Waals surface area contributed by atoms with Crippen LogP contribution in [0.2, 0.25) is 0 Å². The molecule has 0 saturated carbocycles. The maximum atomic E-state index is 12.9. The van der Waals surface area contributed by atoms with Gasteiger partial charge in [0, 0.05) is 24.7 Å². The number of hydrogen-bond acceptors (Lipinski definition) is 4. The van der Waals surface area contributed by atoms with Crippen LogP contribution in [0.25, 0.3) is 0 Å². The molecule has 0 fully saturated rings. The lowest BCUT2D eigenvalue weighted by atomic mass is 9.83. The molecule has 0 bridgehead atoms. The quantitative estimate of drug-likeness (QED) is 0.700. The number of rotatable bonds is 4. The molecule has 0 spiro atoms. The monoisotopic (exact) mass is 385 g/mol. The molecule has 2 heterocycles. The van der Waals surface area contributed by atoms with Gasteiger partial charge in [0.2, 0.25) is 5.43 Å². The second kappa shape index (κ2) is 7.64. The van der Waals surface area contributed by atoms with Crippen molar-refractivity contribution in [2.24, 2.45) is 0 Å². The third-order valence-corrected chi connectivity index (χ3v) is 5.32. The fourth-order valence-corrected chi connectivity index (χ4v) is 4.02. The van der Waals surface area contributed by atoms with E-state index in [1.54, 1.807) is 10.8 Å². The second-order valence-corrected chi connectivity index (χ2v) is 6.99. The molecule has 1 N–H and O–H groups in total. The molecule has 29 heavy (non-hydrogen) atoms. The third-order valence-electron chi connectivity index (χ3n) is 5.32. The first-order valence-corrected chi connectivity index (χ1v) is 9.32. The standard InChI is InChI=1S/C23H19N3O3/c24-12-14-25-15-18(26-13-11-19(27)22(28)21(26)23(25)29)20(16-7-3-1-4-8-16)17-9-5-2-6-10-17/h1-11,13,18,20,28H,14-15H2/t18-/m1/s1. The molecule has 0 saturated heterocycles. The first-order valence-electron chi connectivity index (χ1n) is 9.32. The molecule has 144 valence electrons. The van der Waals surface area contributed by atoms with Crippen molar-refractivity contribution in [2.75, 3.05) is 13.1 Å². The van der Waals surface area contributed by atoms with E-state index < -0.39 is 17.1 Å². The molecule has 1 aliphatic heterocycles. The van der Waals surface area contributed by atoms with Crippen molar-refractivity contribution in [3.8, 4) is 11.8 Å². The highest BCUT2D eigenvalue weighted by atomic mass is 16.3. The largest absolute Gasteiger partial charge is 0.503 e. The summed E-state index contributed by atoms with van der Waals surface area (Å²) in [5.74, 6) is -1.24. The predicted octanol–water partition coefficient (Wildman–Crippen LogP) is 2.91. The molecule has 0 aliphatic carbocycles. The number of fused-ring (bicyclic) bond motifs is 1. The molecule has 3 aromatic rings. The summed E-state index contributed by atoms with van der Waals surface area (Å²) in [5.41, 5.74) is 1.40. The topological polar surface area (TPSA) is 86.3 Å². The number of nitrogens with zero attached hydrogens (tertiary/aromatic N) is 3. The van der Waals surface area contributed by atoms with Crippen molar-refractivity contribution in [2.45, 2.75) is 12.0 Å². The fourth-order valence-electron chi connectivity index (χ4n) is 4.02. The van der Waals surface area contributed by atoms with E-state index in [4.69, 9.17) is 0 Å². The molecule has 1 aliphatic rings. The average Bonchev–Trinajstić information content (AvgIpc) is 2.75. The summed E-state index contributed by atoms with van der Waals surface area (Å²) in [6.07, 6.45) is 1.56. The van der Waals surface area contributed by atoms with Gasteiger partial charge in [-0.1, -0.05) is 60.7 Å². The van der Waals surface area contributed by atoms with Crippen LogP contribution in [0.3, 0.4) is 0 Å². The second-order valence-electron chi connectivity index (χ2n) is 6.99. The average molecular weight is 385 g/mol. The Bertz CT molecular complexity index is 1090. The molecule has 1 amide bonds. The van der Waals surface area contributed by atoms with Gasteiger partial charge in [0.05, 0.1) is 12.1 Å². The van der Waals surface area contributed by atoms with Crippen LogP contribution in [0, 0.1) is 11.3 Å². The van der Waals surface area contributed by atoms with Crippen LogP contribution >= 0.6 is 0 Å². The maximum absolute atomic E-state index is 12.9. The Morgan fingerprint density at radius 3 is 2.14 bits per heavy atom. The van der Waals surface area contributed by atoms with E-state index in [2.05, 4.69) is 0 Å². The lowest BCUT2D eigenvalue weighted by Gasteiger charge is -2.39. The number of benzene rings is 2. The van der Waals surface area contributed by atoms with Gasteiger partial charge < -0.3 is 14.6 Å². The molecule has 4 rings (SSSR count). The van der Waals surface area contributed by atoms with E-state index in [1.807, 2.05) is 66.7 Å². The minimum Gasteiger partial charge on any atom is -0.503 e. The van der Waals surface area contributed by atoms with Gasteiger partial charge in [0.1, 0.15) is 6.54 Å². The van der Waals surface area contributed by atoms with Gasteiger partial charge >= 0.3 is 0 Å². The summed E-state index contributed by atoms with van der Waals surface area (Å²) in [7, 11) is 0. The van der Waals surface area contributed by atoms with Crippen molar-refractivity contribution in [3.05, 3.63) is 100.0 Å². The molecule has 0 radical (unpaired) electrons. The summed E-state index contributed by atoms with van der Waals surface area (Å²) in [4.78, 5) is 26.3. The van der Waals surface area contributed by atoms with Crippen LogP contribution in [0.5, 0.6) is 5.75 Å². The molecule has 2 aromatic carbocycles. The Kier molecular flexibility index (Phi) is 4.88. The summed E-state index contributed by atoms with van der Waals surface area (Å²) < 4.78 is 1.68. The molecule has 1 aromatic heterocycles. The number of nitriles is 1. The van der Waals surface area contributed by atoms with Crippen molar-refractivity contribution >= 4 is 5.91 Å². The highest BCUT2D eigenvalue weighted by molar-refractivity contribution is 5.96. The Labute approximate surface area is 167 Å². The van der Waals surface area contributed by atoms with Crippen LogP contribution in [0.1, 0.15) is 33.6 Å². The van der Waals surface area contributed by atoms with Gasteiger partial charge in [-0.15, -0.1) is 0 Å². The van der Waals surface area contributed by atoms with E-state index in [-0.39, 0.29) is 30.7 Å². The lowest BCUT2D eigenvalue weighted by Crippen LogP contribution is -2.46. The number of aromatic nitrogens is 1. The van der Waals surface area contributed by atoms with Crippen molar-refractivity contribution < 1.29 is 9.90 Å². The van der Waals surface area contributed by atoms with Crippen LogP contribution in [-0.4, -0.2) is 33.6 Å². The Hall–Kier alpha value is -3.85. The molecule has 0 unspecified atom stereocenters. The lowest BCUT2D eigenvalue weighted by molar-refractivity contribution is 0.0677. The summed E-state index contributed by atoms with van der Waals surface area (Å²) in [6, 6.07) is 22.7. The van der Waals surface area contributed by atoms with E-state index in [1.165, 1.54) is 11.0 Å². The highest BCUT2D eigenvalue weighted by Gasteiger charge is 2.38. The van der Waals surface area contributed by atoms with Crippen molar-refractivity contribution in [1.82, 2.24) is 9.47 Å². The number of hydrogen-bond donors (Lipinski definition) is 1. The predicted molar refractivity (Wildman–Crippen MR) is 108 cm³/mol. The van der Waals surface area contributed by atoms with Gasteiger partial charge in [-0.3, -0.25) is 9.59 Å². The Morgan fingerprint density at radius 2 is 1.59 bits per heavy atom. The first-order chi connectivity index (χ1) is 14.1. The highest BCUT2D eigenvalue weighted by Crippen LogP contribution is 2.39. The molecular weight excluding hydrogens is 366 g/mol.